The minimum Gasteiger partial charge on any atom is -0.399 e. The fourth-order valence-corrected chi connectivity index (χ4v) is 6.88. The fourth-order valence-electron chi connectivity index (χ4n) is 6.52. The number of anilines is 3. The molecule has 5 N–H and O–H groups in total. The van der Waals surface area contributed by atoms with E-state index < -0.39 is 17.4 Å². The maximum absolute atomic E-state index is 14.1. The Labute approximate surface area is 287 Å². The summed E-state index contributed by atoms with van der Waals surface area (Å²) in [6.45, 7) is 2.21. The number of nitrogen functional groups attached to an aromatic ring is 1. The molecule has 10 heteroatoms. The third-order valence-electron chi connectivity index (χ3n) is 9.19. The van der Waals surface area contributed by atoms with Gasteiger partial charge in [-0.2, -0.15) is 0 Å². The van der Waals surface area contributed by atoms with Gasteiger partial charge in [-0.1, -0.05) is 71.4 Å². The number of hydrogen-bond acceptors (Lipinski definition) is 6. The van der Waals surface area contributed by atoms with Crippen LogP contribution in [0.2, 0.25) is 0 Å². The summed E-state index contributed by atoms with van der Waals surface area (Å²) in [5, 5.41) is 25.0. The molecule has 4 aromatic carbocycles. The maximum atomic E-state index is 14.1. The molecule has 4 aromatic rings. The number of nitrogens with zero attached hydrogens (tertiary/aromatic N) is 2. The van der Waals surface area contributed by atoms with E-state index in [9.17, 15) is 24.6 Å². The fraction of sp³-hybridized carbons (Fsp3) is 0.237. The van der Waals surface area contributed by atoms with Gasteiger partial charge in [-0.15, -0.1) is 0 Å². The van der Waals surface area contributed by atoms with E-state index in [1.165, 1.54) is 0 Å². The standard InChI is InChI=1S/C38H37BrN4O5/c1-24(6-4-11-35(45)42-22-28-9-3-2-8-27(28)19-32(42)23-44)38(48)33-20-29(39)14-17-34(33)43(37(38)47)21-25-7-5-10-31(18-25)41-36(46)26-12-15-30(40)16-13-26/h2-10,12-18,20,24,32,44,48H,11,19,21-23,40H2,1H3,(H,41,46)/b6-4+/t24-,32+,38+/m1/s1. The smallest absolute Gasteiger partial charge is 0.264 e. The van der Waals surface area contributed by atoms with Crippen LogP contribution in [0.5, 0.6) is 0 Å². The lowest BCUT2D eigenvalue weighted by Crippen LogP contribution is -2.46. The van der Waals surface area contributed by atoms with Gasteiger partial charge in [-0.3, -0.25) is 14.4 Å². The molecule has 3 atom stereocenters. The van der Waals surface area contributed by atoms with Crippen molar-refractivity contribution in [1.82, 2.24) is 4.90 Å². The number of benzene rings is 4. The molecule has 2 aliphatic heterocycles. The number of hydrogen-bond donors (Lipinski definition) is 4. The Morgan fingerprint density at radius 3 is 2.54 bits per heavy atom. The van der Waals surface area contributed by atoms with Gasteiger partial charge in [0.05, 0.1) is 24.9 Å². The highest BCUT2D eigenvalue weighted by Crippen LogP contribution is 2.47. The number of carbonyl (C=O) groups is 3. The Hall–Kier alpha value is -4.77. The molecule has 2 aliphatic rings. The van der Waals surface area contributed by atoms with Gasteiger partial charge in [0.1, 0.15) is 0 Å². The number of nitrogens with one attached hydrogen (secondary N) is 1. The Kier molecular flexibility index (Phi) is 9.50. The average molecular weight is 710 g/mol. The lowest BCUT2D eigenvalue weighted by atomic mass is 9.83. The molecule has 0 saturated heterocycles. The number of fused-ring (bicyclic) bond motifs is 2. The highest BCUT2D eigenvalue weighted by Gasteiger charge is 2.52. The van der Waals surface area contributed by atoms with Crippen molar-refractivity contribution in [3.8, 4) is 0 Å². The first kappa shape index (κ1) is 33.1. The van der Waals surface area contributed by atoms with Crippen LogP contribution < -0.4 is 16.0 Å². The molecule has 48 heavy (non-hydrogen) atoms. The molecule has 3 amide bonds. The number of aliphatic hydroxyl groups is 2. The van der Waals surface area contributed by atoms with Crippen molar-refractivity contribution in [3.63, 3.8) is 0 Å². The van der Waals surface area contributed by atoms with Crippen LogP contribution in [0.4, 0.5) is 17.1 Å². The minimum atomic E-state index is -1.88. The van der Waals surface area contributed by atoms with Crippen LogP contribution in [-0.2, 0) is 34.7 Å². The summed E-state index contributed by atoms with van der Waals surface area (Å²) in [6, 6.07) is 26.8. The molecule has 0 radical (unpaired) electrons. The Morgan fingerprint density at radius 1 is 1.04 bits per heavy atom. The summed E-state index contributed by atoms with van der Waals surface area (Å²) in [5.41, 5.74) is 9.46. The van der Waals surface area contributed by atoms with Crippen molar-refractivity contribution in [2.45, 2.75) is 44.5 Å². The number of halogens is 1. The predicted molar refractivity (Wildman–Crippen MR) is 189 cm³/mol. The van der Waals surface area contributed by atoms with Crippen LogP contribution in [-0.4, -0.2) is 45.5 Å². The van der Waals surface area contributed by atoms with Crippen molar-refractivity contribution in [1.29, 1.82) is 0 Å². The van der Waals surface area contributed by atoms with Crippen LogP contribution in [0.3, 0.4) is 0 Å². The van der Waals surface area contributed by atoms with Crippen molar-refractivity contribution in [3.05, 3.63) is 135 Å². The first-order valence-corrected chi connectivity index (χ1v) is 16.6. The molecular weight excluding hydrogens is 672 g/mol. The predicted octanol–water partition coefficient (Wildman–Crippen LogP) is 5.55. The summed E-state index contributed by atoms with van der Waals surface area (Å²) in [5.74, 6) is -1.57. The zero-order valence-corrected chi connectivity index (χ0v) is 28.1. The van der Waals surface area contributed by atoms with Crippen LogP contribution in [0, 0.1) is 5.92 Å². The molecular formula is C38H37BrN4O5. The van der Waals surface area contributed by atoms with E-state index in [2.05, 4.69) is 21.2 Å². The average Bonchev–Trinajstić information content (AvgIpc) is 3.29. The lowest BCUT2D eigenvalue weighted by Gasteiger charge is -2.36. The number of rotatable bonds is 9. The van der Waals surface area contributed by atoms with Crippen molar-refractivity contribution < 1.29 is 24.6 Å². The minimum absolute atomic E-state index is 0.0667. The number of amides is 3. The molecule has 246 valence electrons. The SMILES string of the molecule is C[C@H](/C=C/CC(=O)N1Cc2ccccc2C[C@H]1CO)[C@@]1(O)C(=O)N(Cc2cccc(NC(=O)c3ccc(N)cc3)c2)c2ccc(Br)cc21. The van der Waals surface area contributed by atoms with E-state index in [0.717, 1.165) is 16.7 Å². The molecule has 6 rings (SSSR count). The van der Waals surface area contributed by atoms with E-state index in [1.54, 1.807) is 83.5 Å². The molecule has 0 spiro atoms. The van der Waals surface area contributed by atoms with Crippen LogP contribution in [0.25, 0.3) is 0 Å². The van der Waals surface area contributed by atoms with Crippen LogP contribution in [0.1, 0.15) is 46.0 Å². The molecule has 0 unspecified atom stereocenters. The molecule has 0 saturated carbocycles. The summed E-state index contributed by atoms with van der Waals surface area (Å²) < 4.78 is 0.716. The van der Waals surface area contributed by atoms with E-state index in [1.807, 2.05) is 36.4 Å². The Bertz CT molecular complexity index is 1890. The number of nitrogens with two attached hydrogens (primary N) is 1. The third kappa shape index (κ3) is 6.51. The van der Waals surface area contributed by atoms with E-state index in [-0.39, 0.29) is 37.4 Å². The third-order valence-corrected chi connectivity index (χ3v) is 9.69. The topological polar surface area (TPSA) is 136 Å². The largest absolute Gasteiger partial charge is 0.399 e. The van der Waals surface area contributed by atoms with Gasteiger partial charge < -0.3 is 31.1 Å². The zero-order chi connectivity index (χ0) is 34.0. The second-order valence-corrected chi connectivity index (χ2v) is 13.3. The highest BCUT2D eigenvalue weighted by molar-refractivity contribution is 9.10. The molecule has 0 aromatic heterocycles. The molecule has 2 heterocycles. The van der Waals surface area contributed by atoms with Gasteiger partial charge in [0.2, 0.25) is 5.91 Å². The quantitative estimate of drug-likeness (QED) is 0.133. The second kappa shape index (κ2) is 13.8. The second-order valence-electron chi connectivity index (χ2n) is 12.3. The molecule has 0 fully saturated rings. The van der Waals surface area contributed by atoms with Gasteiger partial charge in [-0.25, -0.2) is 0 Å². The van der Waals surface area contributed by atoms with E-state index in [0.29, 0.717) is 45.6 Å². The first-order chi connectivity index (χ1) is 23.1. The summed E-state index contributed by atoms with van der Waals surface area (Å²) in [4.78, 5) is 43.4. The normalized spacial score (nSPS) is 19.2. The number of aliphatic hydroxyl groups excluding tert-OH is 1. The van der Waals surface area contributed by atoms with Crippen LogP contribution >= 0.6 is 15.9 Å². The monoisotopic (exact) mass is 708 g/mol. The van der Waals surface area contributed by atoms with E-state index in [4.69, 9.17) is 5.73 Å². The van der Waals surface area contributed by atoms with Crippen LogP contribution in [0.15, 0.2) is 108 Å². The molecule has 0 bridgehead atoms. The molecule has 9 nitrogen and oxygen atoms in total. The van der Waals surface area contributed by atoms with Gasteiger partial charge in [0, 0.05) is 45.9 Å². The highest BCUT2D eigenvalue weighted by atomic mass is 79.9. The summed E-state index contributed by atoms with van der Waals surface area (Å²) in [6.07, 6.45) is 4.06. The van der Waals surface area contributed by atoms with Gasteiger partial charge >= 0.3 is 0 Å². The van der Waals surface area contributed by atoms with E-state index >= 15 is 0 Å². The molecule has 0 aliphatic carbocycles. The Balaban J connectivity index is 1.18. The number of carbonyl (C=O) groups excluding carboxylic acids is 3. The Morgan fingerprint density at radius 2 is 1.79 bits per heavy atom. The zero-order valence-electron chi connectivity index (χ0n) is 26.5. The van der Waals surface area contributed by atoms with Crippen molar-refractivity contribution in [2.24, 2.45) is 5.92 Å². The van der Waals surface area contributed by atoms with Gasteiger partial charge in [0.15, 0.2) is 5.60 Å². The van der Waals surface area contributed by atoms with Crippen molar-refractivity contribution >= 4 is 50.7 Å². The first-order valence-electron chi connectivity index (χ1n) is 15.8. The summed E-state index contributed by atoms with van der Waals surface area (Å²) in [7, 11) is 0. The maximum Gasteiger partial charge on any atom is 0.264 e. The lowest BCUT2D eigenvalue weighted by molar-refractivity contribution is -0.139. The van der Waals surface area contributed by atoms with Gasteiger partial charge in [-0.05, 0) is 77.7 Å². The summed E-state index contributed by atoms with van der Waals surface area (Å²) >= 11 is 3.49. The van der Waals surface area contributed by atoms with Gasteiger partial charge in [0.25, 0.3) is 11.8 Å². The van der Waals surface area contributed by atoms with Crippen molar-refractivity contribution in [2.75, 3.05) is 22.6 Å².